The number of nitrogens with one attached hydrogen (secondary N) is 1. The average Bonchev–Trinajstić information content (AvgIpc) is 2.90. The molecular weight excluding hydrogens is 314 g/mol. The van der Waals surface area contributed by atoms with Gasteiger partial charge in [-0.05, 0) is 50.6 Å². The molecule has 2 aromatic rings. The van der Waals surface area contributed by atoms with Crippen molar-refractivity contribution < 1.29 is 14.3 Å². The number of hydrogen-bond acceptors (Lipinski definition) is 7. The Balaban J connectivity index is 1.97. The highest BCUT2D eigenvalue weighted by Gasteiger charge is 2.15. The lowest BCUT2D eigenvalue weighted by Crippen LogP contribution is -2.03. The van der Waals surface area contributed by atoms with E-state index in [1.165, 1.54) is 11.3 Å². The first-order chi connectivity index (χ1) is 11.1. The van der Waals surface area contributed by atoms with E-state index < -0.39 is 0 Å². The molecule has 122 valence electrons. The summed E-state index contributed by atoms with van der Waals surface area (Å²) in [6, 6.07) is 7.59. The van der Waals surface area contributed by atoms with Gasteiger partial charge in [-0.15, -0.1) is 0 Å². The second-order valence-electron chi connectivity index (χ2n) is 4.53. The van der Waals surface area contributed by atoms with E-state index in [4.69, 9.17) is 9.47 Å². The third-order valence-electron chi connectivity index (χ3n) is 2.82. The minimum Gasteiger partial charge on any atom is -0.494 e. The topological polar surface area (TPSA) is 72.8 Å². The van der Waals surface area contributed by atoms with Crippen molar-refractivity contribution in [2.45, 2.75) is 20.8 Å². The molecule has 0 fully saturated rings. The van der Waals surface area contributed by atoms with Crippen molar-refractivity contribution in [3.05, 3.63) is 40.4 Å². The van der Waals surface area contributed by atoms with Crippen LogP contribution < -0.4 is 10.2 Å². The van der Waals surface area contributed by atoms with Gasteiger partial charge in [0.1, 0.15) is 10.6 Å². The van der Waals surface area contributed by atoms with Gasteiger partial charge >= 0.3 is 5.97 Å². The van der Waals surface area contributed by atoms with Crippen LogP contribution in [0.15, 0.2) is 29.4 Å². The zero-order valence-corrected chi connectivity index (χ0v) is 14.1. The third kappa shape index (κ3) is 4.79. The Bertz CT molecular complexity index is 680. The highest BCUT2D eigenvalue weighted by Crippen LogP contribution is 2.23. The number of carbonyl (C=O) groups is 1. The normalized spacial score (nSPS) is 10.7. The van der Waals surface area contributed by atoms with Gasteiger partial charge in [-0.2, -0.15) is 5.10 Å². The predicted octanol–water partition coefficient (Wildman–Crippen LogP) is 3.47. The number of nitrogens with zero attached hydrogens (tertiary/aromatic N) is 2. The maximum absolute atomic E-state index is 11.7. The number of carbonyl (C=O) groups excluding carboxylic acids is 1. The fourth-order valence-corrected chi connectivity index (χ4v) is 2.62. The molecule has 1 N–H and O–H groups in total. The second kappa shape index (κ2) is 8.28. The summed E-state index contributed by atoms with van der Waals surface area (Å²) in [5, 5.41) is 4.68. The fraction of sp³-hybridized carbons (Fsp3) is 0.312. The van der Waals surface area contributed by atoms with Crippen molar-refractivity contribution in [3.63, 3.8) is 0 Å². The van der Waals surface area contributed by atoms with Gasteiger partial charge in [0, 0.05) is 0 Å². The van der Waals surface area contributed by atoms with E-state index in [2.05, 4.69) is 15.5 Å². The summed E-state index contributed by atoms with van der Waals surface area (Å²) < 4.78 is 10.4. The zero-order valence-electron chi connectivity index (χ0n) is 13.3. The quantitative estimate of drug-likeness (QED) is 0.477. The summed E-state index contributed by atoms with van der Waals surface area (Å²) in [7, 11) is 0. The number of aromatic nitrogens is 1. The van der Waals surface area contributed by atoms with Crippen molar-refractivity contribution in [1.29, 1.82) is 0 Å². The van der Waals surface area contributed by atoms with Gasteiger partial charge in [-0.1, -0.05) is 11.3 Å². The molecule has 2 rings (SSSR count). The van der Waals surface area contributed by atoms with Gasteiger partial charge in [0.25, 0.3) is 0 Å². The molecule has 0 saturated heterocycles. The molecule has 0 spiro atoms. The summed E-state index contributed by atoms with van der Waals surface area (Å²) in [6.45, 7) is 6.47. The maximum Gasteiger partial charge on any atom is 0.350 e. The summed E-state index contributed by atoms with van der Waals surface area (Å²) in [5.41, 5.74) is 4.39. The van der Waals surface area contributed by atoms with Crippen LogP contribution in [0.2, 0.25) is 0 Å². The molecule has 1 aromatic heterocycles. The predicted molar refractivity (Wildman–Crippen MR) is 91.6 cm³/mol. The molecule has 0 aliphatic heterocycles. The molecule has 6 nitrogen and oxygen atoms in total. The number of esters is 1. The number of anilines is 1. The summed E-state index contributed by atoms with van der Waals surface area (Å²) in [5.74, 6) is 0.471. The Morgan fingerprint density at radius 1 is 1.30 bits per heavy atom. The number of hydrogen-bond donors (Lipinski definition) is 1. The standard InChI is InChI=1S/C16H19N3O3S/c1-4-21-13-8-6-12(7-9-13)10-17-19-16-18-11(3)14(23-16)15(20)22-5-2/h6-10H,4-5H2,1-3H3,(H,18,19)/b17-10+. The highest BCUT2D eigenvalue weighted by atomic mass is 32.1. The molecule has 1 heterocycles. The molecule has 1 aromatic carbocycles. The number of rotatable bonds is 7. The Morgan fingerprint density at radius 3 is 2.70 bits per heavy atom. The van der Waals surface area contributed by atoms with Crippen molar-refractivity contribution in [1.82, 2.24) is 4.98 Å². The Hall–Kier alpha value is -2.41. The lowest BCUT2D eigenvalue weighted by molar-refractivity contribution is 0.0531. The summed E-state index contributed by atoms with van der Waals surface area (Å²) >= 11 is 1.22. The Morgan fingerprint density at radius 2 is 2.04 bits per heavy atom. The lowest BCUT2D eigenvalue weighted by atomic mass is 10.2. The van der Waals surface area contributed by atoms with Crippen LogP contribution in [0.25, 0.3) is 0 Å². The monoisotopic (exact) mass is 333 g/mol. The molecule has 0 amide bonds. The lowest BCUT2D eigenvalue weighted by Gasteiger charge is -2.01. The van der Waals surface area contributed by atoms with E-state index in [0.717, 1.165) is 11.3 Å². The van der Waals surface area contributed by atoms with Crippen LogP contribution in [0.4, 0.5) is 5.13 Å². The number of ether oxygens (including phenoxy) is 2. The molecular formula is C16H19N3O3S. The Labute approximate surface area is 139 Å². The van der Waals surface area contributed by atoms with E-state index in [1.54, 1.807) is 20.1 Å². The van der Waals surface area contributed by atoms with Crippen molar-refractivity contribution >= 4 is 28.7 Å². The fourth-order valence-electron chi connectivity index (χ4n) is 1.81. The third-order valence-corrected chi connectivity index (χ3v) is 3.86. The largest absolute Gasteiger partial charge is 0.494 e. The van der Waals surface area contributed by atoms with Crippen LogP contribution in [0.3, 0.4) is 0 Å². The van der Waals surface area contributed by atoms with Gasteiger partial charge in [-0.3, -0.25) is 5.43 Å². The minimum atomic E-state index is -0.356. The molecule has 23 heavy (non-hydrogen) atoms. The smallest absolute Gasteiger partial charge is 0.350 e. The van der Waals surface area contributed by atoms with E-state index in [0.29, 0.717) is 28.9 Å². The van der Waals surface area contributed by atoms with Crippen LogP contribution in [-0.2, 0) is 4.74 Å². The summed E-state index contributed by atoms with van der Waals surface area (Å²) in [4.78, 5) is 16.5. The van der Waals surface area contributed by atoms with Gasteiger partial charge in [0.05, 0.1) is 25.1 Å². The molecule has 0 atom stereocenters. The van der Waals surface area contributed by atoms with Gasteiger partial charge < -0.3 is 9.47 Å². The molecule has 0 radical (unpaired) electrons. The number of benzene rings is 1. The molecule has 0 aliphatic rings. The van der Waals surface area contributed by atoms with Crippen molar-refractivity contribution in [2.24, 2.45) is 5.10 Å². The van der Waals surface area contributed by atoms with Crippen LogP contribution in [0.1, 0.15) is 34.8 Å². The molecule has 0 bridgehead atoms. The highest BCUT2D eigenvalue weighted by molar-refractivity contribution is 7.17. The number of hydrazone groups is 1. The van der Waals surface area contributed by atoms with Gasteiger partial charge in [0.15, 0.2) is 0 Å². The summed E-state index contributed by atoms with van der Waals surface area (Å²) in [6.07, 6.45) is 1.68. The number of aryl methyl sites for hydroxylation is 1. The van der Waals surface area contributed by atoms with E-state index in [1.807, 2.05) is 31.2 Å². The molecule has 0 saturated carbocycles. The average molecular weight is 333 g/mol. The molecule has 0 aliphatic carbocycles. The van der Waals surface area contributed by atoms with E-state index in [9.17, 15) is 4.79 Å². The van der Waals surface area contributed by atoms with Crippen molar-refractivity contribution in [3.8, 4) is 5.75 Å². The van der Waals surface area contributed by atoms with Crippen molar-refractivity contribution in [2.75, 3.05) is 18.6 Å². The first-order valence-electron chi connectivity index (χ1n) is 7.30. The first-order valence-corrected chi connectivity index (χ1v) is 8.12. The second-order valence-corrected chi connectivity index (χ2v) is 5.53. The van der Waals surface area contributed by atoms with Crippen LogP contribution >= 0.6 is 11.3 Å². The SMILES string of the molecule is CCOC(=O)c1sc(N/N=C/c2ccc(OCC)cc2)nc1C. The van der Waals surface area contributed by atoms with Crippen LogP contribution in [0, 0.1) is 6.92 Å². The molecule has 0 unspecified atom stereocenters. The van der Waals surface area contributed by atoms with Crippen LogP contribution in [0.5, 0.6) is 5.75 Å². The first kappa shape index (κ1) is 17.0. The van der Waals surface area contributed by atoms with E-state index in [-0.39, 0.29) is 5.97 Å². The van der Waals surface area contributed by atoms with Gasteiger partial charge in [0.2, 0.25) is 5.13 Å². The zero-order chi connectivity index (χ0) is 16.7. The molecule has 7 heteroatoms. The minimum absolute atomic E-state index is 0.342. The maximum atomic E-state index is 11.7. The van der Waals surface area contributed by atoms with Crippen LogP contribution in [-0.4, -0.2) is 30.4 Å². The number of thiazole rings is 1. The Kier molecular flexibility index (Phi) is 6.10. The van der Waals surface area contributed by atoms with E-state index >= 15 is 0 Å². The van der Waals surface area contributed by atoms with Gasteiger partial charge in [-0.25, -0.2) is 9.78 Å².